The second kappa shape index (κ2) is 6.45. The van der Waals surface area contributed by atoms with Gasteiger partial charge in [-0.15, -0.1) is 11.3 Å². The average molecular weight is 334 g/mol. The quantitative estimate of drug-likeness (QED) is 0.879. The highest BCUT2D eigenvalue weighted by molar-refractivity contribution is 7.12. The molecule has 124 valence electrons. The highest BCUT2D eigenvalue weighted by atomic mass is 32.1. The summed E-state index contributed by atoms with van der Waals surface area (Å²) in [6.07, 6.45) is 4.01. The third-order valence-corrected chi connectivity index (χ3v) is 6.07. The number of nitrogens with one attached hydrogen (secondary N) is 1. The Labute approximate surface area is 139 Å². The van der Waals surface area contributed by atoms with Crippen LogP contribution in [0.2, 0.25) is 0 Å². The maximum Gasteiger partial charge on any atom is 0.273 e. The Morgan fingerprint density at radius 3 is 2.78 bits per heavy atom. The number of aliphatic hydroxyl groups excluding tert-OH is 1. The third-order valence-electron chi connectivity index (χ3n) is 4.57. The molecule has 0 aromatic carbocycles. The Bertz CT molecular complexity index is 684. The summed E-state index contributed by atoms with van der Waals surface area (Å²) >= 11 is 1.65. The number of nitrogens with zero attached hydrogens (tertiary/aromatic N) is 1. The van der Waals surface area contributed by atoms with Gasteiger partial charge in [-0.3, -0.25) is 4.79 Å². The molecule has 1 amide bonds. The molecule has 6 heteroatoms. The first-order chi connectivity index (χ1) is 11.0. The average Bonchev–Trinajstić information content (AvgIpc) is 3.25. The van der Waals surface area contributed by atoms with Gasteiger partial charge in [0.15, 0.2) is 5.69 Å². The molecule has 0 aliphatic heterocycles. The molecule has 0 spiro atoms. The van der Waals surface area contributed by atoms with E-state index < -0.39 is 6.10 Å². The van der Waals surface area contributed by atoms with Crippen molar-refractivity contribution < 1.29 is 14.4 Å². The van der Waals surface area contributed by atoms with Crippen molar-refractivity contribution in [2.45, 2.75) is 51.0 Å². The van der Waals surface area contributed by atoms with Gasteiger partial charge in [0.1, 0.15) is 5.76 Å². The molecule has 1 aliphatic carbocycles. The van der Waals surface area contributed by atoms with E-state index in [-0.39, 0.29) is 11.3 Å². The van der Waals surface area contributed by atoms with Crippen LogP contribution in [0.15, 0.2) is 22.7 Å². The molecular weight excluding hydrogens is 312 g/mol. The lowest BCUT2D eigenvalue weighted by Crippen LogP contribution is -2.38. The van der Waals surface area contributed by atoms with Crippen molar-refractivity contribution in [2.24, 2.45) is 0 Å². The predicted octanol–water partition coefficient (Wildman–Crippen LogP) is 3.34. The zero-order valence-electron chi connectivity index (χ0n) is 13.5. The van der Waals surface area contributed by atoms with Crippen LogP contribution in [0.3, 0.4) is 0 Å². The summed E-state index contributed by atoms with van der Waals surface area (Å²) in [6, 6.07) is 5.74. The Morgan fingerprint density at radius 2 is 2.22 bits per heavy atom. The minimum absolute atomic E-state index is 0.0216. The Kier molecular flexibility index (Phi) is 4.55. The molecule has 1 unspecified atom stereocenters. The number of rotatable bonds is 5. The van der Waals surface area contributed by atoms with Gasteiger partial charge >= 0.3 is 0 Å². The van der Waals surface area contributed by atoms with Crippen molar-refractivity contribution in [3.8, 4) is 0 Å². The van der Waals surface area contributed by atoms with E-state index in [2.05, 4.69) is 16.5 Å². The second-order valence-corrected chi connectivity index (χ2v) is 7.49. The molecule has 2 heterocycles. The molecule has 3 rings (SSSR count). The van der Waals surface area contributed by atoms with E-state index in [1.54, 1.807) is 31.3 Å². The fraction of sp³-hybridized carbons (Fsp3) is 0.529. The van der Waals surface area contributed by atoms with E-state index in [1.807, 2.05) is 6.07 Å². The Balaban J connectivity index is 1.74. The van der Waals surface area contributed by atoms with E-state index in [0.29, 0.717) is 18.0 Å². The van der Waals surface area contributed by atoms with Crippen LogP contribution >= 0.6 is 11.3 Å². The first-order valence-corrected chi connectivity index (χ1v) is 8.82. The van der Waals surface area contributed by atoms with Gasteiger partial charge in [0.05, 0.1) is 6.10 Å². The second-order valence-electron chi connectivity index (χ2n) is 6.37. The molecule has 2 aromatic heterocycles. The first-order valence-electron chi connectivity index (χ1n) is 8.00. The van der Waals surface area contributed by atoms with Gasteiger partial charge in [-0.2, -0.15) is 0 Å². The van der Waals surface area contributed by atoms with Crippen LogP contribution in [0, 0.1) is 6.92 Å². The van der Waals surface area contributed by atoms with Crippen LogP contribution in [0.1, 0.15) is 64.7 Å². The number of aliphatic hydroxyl groups is 1. The van der Waals surface area contributed by atoms with Gasteiger partial charge in [0.25, 0.3) is 5.91 Å². The monoisotopic (exact) mass is 334 g/mol. The molecule has 1 saturated carbocycles. The SMILES string of the molecule is Cc1cc(C(=O)NCC2(c3ccc(C(C)O)s3)CCCC2)no1. The lowest BCUT2D eigenvalue weighted by atomic mass is 9.84. The first kappa shape index (κ1) is 16.2. The maximum absolute atomic E-state index is 12.2. The zero-order valence-corrected chi connectivity index (χ0v) is 14.3. The molecule has 0 saturated heterocycles. The summed E-state index contributed by atoms with van der Waals surface area (Å²) in [5, 5.41) is 16.5. The van der Waals surface area contributed by atoms with Crippen LogP contribution in [-0.4, -0.2) is 22.7 Å². The molecule has 1 atom stereocenters. The van der Waals surface area contributed by atoms with Crippen molar-refractivity contribution >= 4 is 17.2 Å². The topological polar surface area (TPSA) is 75.4 Å². The molecule has 5 nitrogen and oxygen atoms in total. The minimum Gasteiger partial charge on any atom is -0.388 e. The van der Waals surface area contributed by atoms with E-state index in [9.17, 15) is 9.90 Å². The van der Waals surface area contributed by atoms with E-state index >= 15 is 0 Å². The lowest BCUT2D eigenvalue weighted by molar-refractivity contribution is 0.0934. The molecule has 1 fully saturated rings. The fourth-order valence-electron chi connectivity index (χ4n) is 3.24. The van der Waals surface area contributed by atoms with Gasteiger partial charge in [-0.1, -0.05) is 18.0 Å². The number of aromatic nitrogens is 1. The van der Waals surface area contributed by atoms with Crippen LogP contribution in [0.5, 0.6) is 0 Å². The molecule has 2 aromatic rings. The molecule has 2 N–H and O–H groups in total. The summed E-state index contributed by atoms with van der Waals surface area (Å²) in [4.78, 5) is 14.5. The molecule has 1 aliphatic rings. The largest absolute Gasteiger partial charge is 0.388 e. The molecule has 0 bridgehead atoms. The normalized spacial score (nSPS) is 18.0. The number of carbonyl (C=O) groups excluding carboxylic acids is 1. The van der Waals surface area contributed by atoms with E-state index in [0.717, 1.165) is 17.7 Å². The Hall–Kier alpha value is -1.66. The summed E-state index contributed by atoms with van der Waals surface area (Å²) in [7, 11) is 0. The smallest absolute Gasteiger partial charge is 0.273 e. The van der Waals surface area contributed by atoms with Crippen molar-refractivity contribution in [1.82, 2.24) is 10.5 Å². The maximum atomic E-state index is 12.2. The minimum atomic E-state index is -0.445. The predicted molar refractivity (Wildman–Crippen MR) is 88.7 cm³/mol. The van der Waals surface area contributed by atoms with Crippen LogP contribution in [0.25, 0.3) is 0 Å². The van der Waals surface area contributed by atoms with E-state index in [1.165, 1.54) is 17.7 Å². The van der Waals surface area contributed by atoms with Crippen molar-refractivity contribution in [2.75, 3.05) is 6.54 Å². The Morgan fingerprint density at radius 1 is 1.48 bits per heavy atom. The van der Waals surface area contributed by atoms with Crippen molar-refractivity contribution in [3.63, 3.8) is 0 Å². The van der Waals surface area contributed by atoms with Crippen molar-refractivity contribution in [3.05, 3.63) is 39.4 Å². The number of hydrogen-bond donors (Lipinski definition) is 2. The highest BCUT2D eigenvalue weighted by Crippen LogP contribution is 2.44. The van der Waals surface area contributed by atoms with Crippen LogP contribution < -0.4 is 5.32 Å². The van der Waals surface area contributed by atoms with Gasteiger partial charge < -0.3 is 14.9 Å². The summed E-state index contributed by atoms with van der Waals surface area (Å²) in [5.74, 6) is 0.436. The summed E-state index contributed by atoms with van der Waals surface area (Å²) in [6.45, 7) is 4.15. The number of carbonyl (C=O) groups is 1. The van der Waals surface area contributed by atoms with Crippen molar-refractivity contribution in [1.29, 1.82) is 0 Å². The van der Waals surface area contributed by atoms with Crippen LogP contribution in [0.4, 0.5) is 0 Å². The van der Waals surface area contributed by atoms with Gasteiger partial charge in [0.2, 0.25) is 0 Å². The number of hydrogen-bond acceptors (Lipinski definition) is 5. The van der Waals surface area contributed by atoms with Gasteiger partial charge in [-0.05, 0) is 38.8 Å². The number of amides is 1. The molecule has 23 heavy (non-hydrogen) atoms. The standard InChI is InChI=1S/C17H22N2O3S/c1-11-9-13(19-22-11)16(21)18-10-17(7-3-4-8-17)15-6-5-14(23-15)12(2)20/h5-6,9,12,20H,3-4,7-8,10H2,1-2H3,(H,18,21). The van der Waals surface area contributed by atoms with Gasteiger partial charge in [-0.25, -0.2) is 0 Å². The zero-order chi connectivity index (χ0) is 16.4. The van der Waals surface area contributed by atoms with E-state index in [4.69, 9.17) is 4.52 Å². The highest BCUT2D eigenvalue weighted by Gasteiger charge is 2.37. The summed E-state index contributed by atoms with van der Waals surface area (Å²) < 4.78 is 4.96. The summed E-state index contributed by atoms with van der Waals surface area (Å²) in [5.41, 5.74) is 0.304. The third kappa shape index (κ3) is 3.33. The van der Waals surface area contributed by atoms with Gasteiger partial charge in [0, 0.05) is 27.8 Å². The fourth-order valence-corrected chi connectivity index (χ4v) is 4.43. The molecular formula is C17H22N2O3S. The molecule has 0 radical (unpaired) electrons. The number of thiophene rings is 1. The van der Waals surface area contributed by atoms with Crippen LogP contribution in [-0.2, 0) is 5.41 Å². The lowest BCUT2D eigenvalue weighted by Gasteiger charge is -2.28. The number of aryl methyl sites for hydroxylation is 1.